The van der Waals surface area contributed by atoms with Gasteiger partial charge >= 0.3 is 5.69 Å². The van der Waals surface area contributed by atoms with Crippen molar-refractivity contribution >= 4 is 34.7 Å². The molecule has 11 nitrogen and oxygen atoms in total. The number of carbonyl (C=O) groups excluding carboxylic acids is 2. The maximum absolute atomic E-state index is 13.3. The number of hydrogen-bond donors (Lipinski definition) is 2. The van der Waals surface area contributed by atoms with Crippen molar-refractivity contribution in [2.45, 2.75) is 19.9 Å². The van der Waals surface area contributed by atoms with Gasteiger partial charge in [0, 0.05) is 25.2 Å². The van der Waals surface area contributed by atoms with E-state index in [1.807, 2.05) is 18.7 Å². The van der Waals surface area contributed by atoms with Crippen LogP contribution in [0, 0.1) is 10.1 Å². The summed E-state index contributed by atoms with van der Waals surface area (Å²) in [6.45, 7) is 5.87. The lowest BCUT2D eigenvalue weighted by atomic mass is 9.94. The molecule has 0 spiro atoms. The number of phenols is 1. The molecule has 2 aromatic rings. The van der Waals surface area contributed by atoms with Crippen molar-refractivity contribution in [3.8, 4) is 17.2 Å². The van der Waals surface area contributed by atoms with Gasteiger partial charge in [-0.05, 0) is 30.8 Å². The fourth-order valence-electron chi connectivity index (χ4n) is 4.29. The summed E-state index contributed by atoms with van der Waals surface area (Å²) in [5.74, 6) is -2.65. The average molecular weight is 534 g/mol. The lowest BCUT2D eigenvalue weighted by Crippen LogP contribution is -2.38. The molecule has 0 bridgehead atoms. The molecule has 3 rings (SSSR count). The predicted molar refractivity (Wildman–Crippen MR) is 136 cm³/mol. The number of nitro benzene ring substituents is 1. The van der Waals surface area contributed by atoms with E-state index in [1.54, 1.807) is 0 Å². The van der Waals surface area contributed by atoms with E-state index in [9.17, 15) is 29.9 Å². The Hall–Kier alpha value is -3.83. The lowest BCUT2D eigenvalue weighted by Gasteiger charge is -2.28. The minimum Gasteiger partial charge on any atom is -0.507 e. The summed E-state index contributed by atoms with van der Waals surface area (Å²) in [5, 5.41) is 33.1. The molecule has 37 heavy (non-hydrogen) atoms. The predicted octanol–water partition coefficient (Wildman–Crippen LogP) is 3.73. The number of hydrogen-bond acceptors (Lipinski definition) is 9. The molecule has 12 heteroatoms. The fraction of sp³-hybridized carbons (Fsp3) is 0.360. The fourth-order valence-corrected chi connectivity index (χ4v) is 4.52. The van der Waals surface area contributed by atoms with E-state index in [-0.39, 0.29) is 39.8 Å². The molecule has 1 atom stereocenters. The molecule has 0 saturated carbocycles. The highest BCUT2D eigenvalue weighted by Gasteiger charge is 2.46. The highest BCUT2D eigenvalue weighted by atomic mass is 35.5. The van der Waals surface area contributed by atoms with Gasteiger partial charge in [-0.1, -0.05) is 31.5 Å². The van der Waals surface area contributed by atoms with Crippen LogP contribution in [0.3, 0.4) is 0 Å². The van der Waals surface area contributed by atoms with E-state index < -0.39 is 39.9 Å². The van der Waals surface area contributed by atoms with E-state index in [0.717, 1.165) is 12.1 Å². The van der Waals surface area contributed by atoms with E-state index in [1.165, 1.54) is 37.3 Å². The Bertz CT molecular complexity index is 1260. The van der Waals surface area contributed by atoms with Crippen LogP contribution in [0.1, 0.15) is 31.0 Å². The second kappa shape index (κ2) is 11.5. The lowest BCUT2D eigenvalue weighted by molar-refractivity contribution is -0.385. The first kappa shape index (κ1) is 27.8. The van der Waals surface area contributed by atoms with Crippen molar-refractivity contribution in [1.29, 1.82) is 0 Å². The Morgan fingerprint density at radius 2 is 1.78 bits per heavy atom. The summed E-state index contributed by atoms with van der Waals surface area (Å²) in [6, 6.07) is 5.17. The summed E-state index contributed by atoms with van der Waals surface area (Å²) in [7, 11) is 2.72. The van der Waals surface area contributed by atoms with Gasteiger partial charge in [0.05, 0.1) is 41.3 Å². The van der Waals surface area contributed by atoms with Crippen LogP contribution in [0.15, 0.2) is 35.9 Å². The zero-order valence-electron chi connectivity index (χ0n) is 20.9. The number of ketones is 1. The second-order valence-corrected chi connectivity index (χ2v) is 8.62. The molecule has 0 aliphatic carbocycles. The number of likely N-dealkylation sites (tertiary alicyclic amines) is 1. The van der Waals surface area contributed by atoms with Gasteiger partial charge in [0.1, 0.15) is 17.3 Å². The molecule has 2 aromatic carbocycles. The summed E-state index contributed by atoms with van der Waals surface area (Å²) in [4.78, 5) is 40.5. The third kappa shape index (κ3) is 5.32. The largest absolute Gasteiger partial charge is 0.507 e. The number of benzene rings is 2. The molecule has 1 amide bonds. The van der Waals surface area contributed by atoms with Gasteiger partial charge in [-0.15, -0.1) is 0 Å². The third-order valence-corrected chi connectivity index (χ3v) is 6.63. The Kier molecular flexibility index (Phi) is 8.61. The first-order valence-corrected chi connectivity index (χ1v) is 11.9. The van der Waals surface area contributed by atoms with E-state index >= 15 is 0 Å². The molecular formula is C25H28ClN3O8. The number of Topliss-reactive ketones (excluding diaryl/α,β-unsaturated/α-hetero) is 1. The van der Waals surface area contributed by atoms with Crippen LogP contribution >= 0.6 is 11.6 Å². The van der Waals surface area contributed by atoms with Crippen molar-refractivity contribution in [1.82, 2.24) is 9.80 Å². The summed E-state index contributed by atoms with van der Waals surface area (Å²) >= 11 is 6.18. The Balaban J connectivity index is 2.27. The van der Waals surface area contributed by atoms with Gasteiger partial charge < -0.3 is 29.5 Å². The van der Waals surface area contributed by atoms with E-state index in [2.05, 4.69) is 0 Å². The normalized spacial score (nSPS) is 16.9. The number of amides is 1. The molecule has 0 aromatic heterocycles. The first-order valence-electron chi connectivity index (χ1n) is 11.5. The molecule has 1 aliphatic heterocycles. The minimum atomic E-state index is -1.17. The van der Waals surface area contributed by atoms with Gasteiger partial charge in [-0.25, -0.2) is 0 Å². The van der Waals surface area contributed by atoms with Crippen molar-refractivity contribution < 1.29 is 34.2 Å². The van der Waals surface area contributed by atoms with Crippen molar-refractivity contribution in [2.75, 3.05) is 40.4 Å². The molecule has 1 unspecified atom stereocenters. The number of nitro groups is 1. The number of ether oxygens (including phenoxy) is 2. The number of aromatic hydroxyl groups is 1. The van der Waals surface area contributed by atoms with Crippen LogP contribution in [-0.4, -0.2) is 77.0 Å². The second-order valence-electron chi connectivity index (χ2n) is 8.21. The average Bonchev–Trinajstić information content (AvgIpc) is 3.13. The number of nitrogens with zero attached hydrogens (tertiary/aromatic N) is 3. The number of aliphatic hydroxyl groups is 1. The molecule has 0 radical (unpaired) electrons. The summed E-state index contributed by atoms with van der Waals surface area (Å²) in [6.07, 6.45) is 0. The van der Waals surface area contributed by atoms with Crippen LogP contribution in [0.25, 0.3) is 5.76 Å². The number of likely N-dealkylation sites (N-methyl/N-ethyl adjacent to an activating group) is 1. The minimum absolute atomic E-state index is 0.0452. The Morgan fingerprint density at radius 3 is 2.35 bits per heavy atom. The topological polar surface area (TPSA) is 143 Å². The van der Waals surface area contributed by atoms with Crippen LogP contribution < -0.4 is 9.47 Å². The zero-order valence-corrected chi connectivity index (χ0v) is 21.6. The van der Waals surface area contributed by atoms with Crippen molar-refractivity contribution in [3.05, 3.63) is 62.2 Å². The Morgan fingerprint density at radius 1 is 1.14 bits per heavy atom. The van der Waals surface area contributed by atoms with Crippen molar-refractivity contribution in [3.63, 3.8) is 0 Å². The molecule has 1 fully saturated rings. The Labute approximate surface area is 218 Å². The highest BCUT2D eigenvalue weighted by Crippen LogP contribution is 2.44. The van der Waals surface area contributed by atoms with Gasteiger partial charge in [-0.2, -0.15) is 0 Å². The molecular weight excluding hydrogens is 506 g/mol. The van der Waals surface area contributed by atoms with Gasteiger partial charge in [0.25, 0.3) is 11.7 Å². The number of rotatable bonds is 10. The van der Waals surface area contributed by atoms with Crippen LogP contribution in [0.5, 0.6) is 17.2 Å². The van der Waals surface area contributed by atoms with Crippen LogP contribution in [-0.2, 0) is 9.59 Å². The van der Waals surface area contributed by atoms with E-state index in [4.69, 9.17) is 21.1 Å². The summed E-state index contributed by atoms with van der Waals surface area (Å²) < 4.78 is 10.6. The number of aliphatic hydroxyl groups excluding tert-OH is 1. The number of carbonyl (C=O) groups is 2. The maximum atomic E-state index is 13.3. The van der Waals surface area contributed by atoms with Gasteiger partial charge in [-0.3, -0.25) is 19.7 Å². The molecule has 1 aliphatic rings. The third-order valence-electron chi connectivity index (χ3n) is 6.33. The molecule has 1 saturated heterocycles. The zero-order chi connectivity index (χ0) is 27.4. The first-order chi connectivity index (χ1) is 17.6. The number of methoxy groups -OCH3 is 2. The molecule has 2 N–H and O–H groups in total. The van der Waals surface area contributed by atoms with Crippen LogP contribution in [0.2, 0.25) is 5.02 Å². The van der Waals surface area contributed by atoms with E-state index in [0.29, 0.717) is 19.6 Å². The monoisotopic (exact) mass is 533 g/mol. The number of halogens is 1. The van der Waals surface area contributed by atoms with Crippen LogP contribution in [0.4, 0.5) is 5.69 Å². The highest BCUT2D eigenvalue weighted by molar-refractivity contribution is 6.46. The maximum Gasteiger partial charge on any atom is 0.311 e. The standard InChI is InChI=1S/C25H28ClN3O8/c1-5-27(6-2)9-10-28-22(14-7-8-18(30)17(11-14)29(34)35)21(24(32)25(28)33)23(31)15-12-20(37-4)16(26)13-19(15)36-3/h7-8,11-13,22,30-31H,5-6,9-10H2,1-4H3/b23-21+. The van der Waals surface area contributed by atoms with Gasteiger partial charge in [0.15, 0.2) is 5.75 Å². The van der Waals surface area contributed by atoms with Crippen molar-refractivity contribution in [2.24, 2.45) is 0 Å². The SMILES string of the molecule is CCN(CC)CCN1C(=O)C(=O)/C(=C(/O)c2cc(OC)c(Cl)cc2OC)C1c1ccc(O)c([N+](=O)[O-])c1. The smallest absolute Gasteiger partial charge is 0.311 e. The molecule has 1 heterocycles. The molecule has 198 valence electrons. The number of phenolic OH excluding ortho intramolecular Hbond substituents is 1. The van der Waals surface area contributed by atoms with Gasteiger partial charge in [0.2, 0.25) is 0 Å². The quantitative estimate of drug-likeness (QED) is 0.153. The summed E-state index contributed by atoms with van der Waals surface area (Å²) in [5.41, 5.74) is -0.668.